The van der Waals surface area contributed by atoms with E-state index in [0.717, 1.165) is 50.9 Å². The quantitative estimate of drug-likeness (QED) is 0.523. The van der Waals surface area contributed by atoms with Gasteiger partial charge in [0.05, 0.1) is 10.6 Å². The van der Waals surface area contributed by atoms with Gasteiger partial charge in [-0.15, -0.1) is 0 Å². The van der Waals surface area contributed by atoms with Crippen LogP contribution < -0.4 is 4.90 Å². The zero-order valence-electron chi connectivity index (χ0n) is 17.3. The average molecular weight is 435 g/mol. The zero-order chi connectivity index (χ0) is 20.9. The van der Waals surface area contributed by atoms with Crippen LogP contribution in [0.15, 0.2) is 23.1 Å². The average Bonchev–Trinajstić information content (AvgIpc) is 3.52. The lowest BCUT2D eigenvalue weighted by atomic mass is 9.93. The Labute approximate surface area is 178 Å². The number of rotatable bonds is 5. The second kappa shape index (κ2) is 7.76. The first kappa shape index (κ1) is 20.2. The molecule has 8 nitrogen and oxygen atoms in total. The summed E-state index contributed by atoms with van der Waals surface area (Å²) in [5, 5.41) is 11.3. The molecule has 1 aromatic carbocycles. The summed E-state index contributed by atoms with van der Waals surface area (Å²) in [5.41, 5.74) is 0.442. The number of nitro benzene ring substituents is 1. The van der Waals surface area contributed by atoms with Crippen LogP contribution >= 0.6 is 0 Å². The fourth-order valence-electron chi connectivity index (χ4n) is 6.10. The Kier molecular flexibility index (Phi) is 5.23. The fourth-order valence-corrected chi connectivity index (χ4v) is 7.85. The highest BCUT2D eigenvalue weighted by molar-refractivity contribution is 7.89. The predicted molar refractivity (Wildman–Crippen MR) is 114 cm³/mol. The Morgan fingerprint density at radius 3 is 2.30 bits per heavy atom. The number of piperazine rings is 1. The van der Waals surface area contributed by atoms with Crippen LogP contribution in [-0.4, -0.2) is 67.9 Å². The minimum atomic E-state index is -3.74. The molecule has 164 valence electrons. The molecule has 30 heavy (non-hydrogen) atoms. The van der Waals surface area contributed by atoms with Gasteiger partial charge >= 0.3 is 0 Å². The Balaban J connectivity index is 1.38. The third-order valence-corrected chi connectivity index (χ3v) is 9.59. The van der Waals surface area contributed by atoms with E-state index in [4.69, 9.17) is 0 Å². The van der Waals surface area contributed by atoms with Crippen LogP contribution in [0.2, 0.25) is 0 Å². The summed E-state index contributed by atoms with van der Waals surface area (Å²) in [6.45, 7) is 4.34. The van der Waals surface area contributed by atoms with E-state index >= 15 is 0 Å². The van der Waals surface area contributed by atoms with E-state index in [0.29, 0.717) is 24.8 Å². The molecule has 0 aromatic heterocycles. The summed E-state index contributed by atoms with van der Waals surface area (Å²) >= 11 is 0. The first-order valence-electron chi connectivity index (χ1n) is 11.2. The monoisotopic (exact) mass is 434 g/mol. The van der Waals surface area contributed by atoms with Crippen molar-refractivity contribution in [2.75, 3.05) is 44.2 Å². The molecule has 2 saturated carbocycles. The highest BCUT2D eigenvalue weighted by atomic mass is 32.2. The number of sulfonamides is 1. The largest absolute Gasteiger partial charge is 0.368 e. The van der Waals surface area contributed by atoms with Crippen LogP contribution in [0, 0.1) is 22.0 Å². The van der Waals surface area contributed by atoms with Gasteiger partial charge in [0.1, 0.15) is 4.90 Å². The van der Waals surface area contributed by atoms with Crippen molar-refractivity contribution >= 4 is 21.4 Å². The lowest BCUT2D eigenvalue weighted by Crippen LogP contribution is -2.52. The topological polar surface area (TPSA) is 87.0 Å². The Bertz CT molecular complexity index is 923. The molecule has 0 radical (unpaired) electrons. The summed E-state index contributed by atoms with van der Waals surface area (Å²) in [6, 6.07) is 5.01. The van der Waals surface area contributed by atoms with E-state index in [1.807, 2.05) is 0 Å². The van der Waals surface area contributed by atoms with Gasteiger partial charge in [0.15, 0.2) is 0 Å². The molecule has 0 amide bonds. The van der Waals surface area contributed by atoms with Crippen LogP contribution in [0.5, 0.6) is 0 Å². The van der Waals surface area contributed by atoms with E-state index in [1.54, 1.807) is 6.07 Å². The zero-order valence-corrected chi connectivity index (χ0v) is 18.1. The standard InChI is InChI=1S/C21H30N4O4S/c26-25(27)18-5-6-19(21(15-18)30(28,29)24-7-1-2-8-24)22-9-11-23(12-10-22)20-14-16-3-4-17(20)13-16/h5-6,15-17,20H,1-4,7-14H2. The van der Waals surface area contributed by atoms with E-state index in [2.05, 4.69) is 9.80 Å². The van der Waals surface area contributed by atoms with Crippen LogP contribution in [-0.2, 0) is 10.0 Å². The minimum Gasteiger partial charge on any atom is -0.368 e. The molecule has 3 unspecified atom stereocenters. The van der Waals surface area contributed by atoms with Crippen molar-refractivity contribution in [3.05, 3.63) is 28.3 Å². The van der Waals surface area contributed by atoms with Crippen molar-refractivity contribution in [1.82, 2.24) is 9.21 Å². The van der Waals surface area contributed by atoms with Gasteiger partial charge < -0.3 is 4.90 Å². The van der Waals surface area contributed by atoms with Gasteiger partial charge in [0, 0.05) is 57.4 Å². The third-order valence-electron chi connectivity index (χ3n) is 7.66. The van der Waals surface area contributed by atoms with Crippen molar-refractivity contribution in [3.63, 3.8) is 0 Å². The molecule has 2 aliphatic carbocycles. The number of hydrogen-bond donors (Lipinski definition) is 0. The number of non-ortho nitro benzene ring substituents is 1. The van der Waals surface area contributed by atoms with Gasteiger partial charge in [-0.3, -0.25) is 15.0 Å². The highest BCUT2D eigenvalue weighted by Gasteiger charge is 2.43. The van der Waals surface area contributed by atoms with Crippen LogP contribution in [0.4, 0.5) is 11.4 Å². The van der Waals surface area contributed by atoms with E-state index < -0.39 is 14.9 Å². The van der Waals surface area contributed by atoms with Crippen molar-refractivity contribution in [2.45, 2.75) is 49.5 Å². The molecule has 4 aliphatic rings. The normalized spacial score (nSPS) is 30.3. The highest BCUT2D eigenvalue weighted by Crippen LogP contribution is 2.47. The Hall–Kier alpha value is -1.71. The molecular weight excluding hydrogens is 404 g/mol. The lowest BCUT2D eigenvalue weighted by Gasteiger charge is -2.42. The maximum absolute atomic E-state index is 13.3. The summed E-state index contributed by atoms with van der Waals surface area (Å²) in [5.74, 6) is 1.75. The molecule has 2 bridgehead atoms. The minimum absolute atomic E-state index is 0.0898. The van der Waals surface area contributed by atoms with Gasteiger partial charge in [-0.25, -0.2) is 8.42 Å². The third kappa shape index (κ3) is 3.50. The van der Waals surface area contributed by atoms with Gasteiger partial charge in [-0.1, -0.05) is 6.42 Å². The lowest BCUT2D eigenvalue weighted by molar-refractivity contribution is -0.385. The number of fused-ring (bicyclic) bond motifs is 2. The Morgan fingerprint density at radius 1 is 0.967 bits per heavy atom. The molecule has 2 aliphatic heterocycles. The summed E-state index contributed by atoms with van der Waals surface area (Å²) < 4.78 is 28.1. The molecule has 2 saturated heterocycles. The van der Waals surface area contributed by atoms with E-state index in [9.17, 15) is 18.5 Å². The molecule has 0 N–H and O–H groups in total. The summed E-state index contributed by atoms with van der Waals surface area (Å²) in [6.07, 6.45) is 7.12. The molecule has 0 spiro atoms. The molecule has 3 atom stereocenters. The van der Waals surface area contributed by atoms with Gasteiger partial charge in [0.25, 0.3) is 5.69 Å². The predicted octanol–water partition coefficient (Wildman–Crippen LogP) is 2.69. The number of nitro groups is 1. The number of nitrogens with zero attached hydrogens (tertiary/aromatic N) is 4. The molecular formula is C21H30N4O4S. The van der Waals surface area contributed by atoms with Crippen molar-refractivity contribution < 1.29 is 13.3 Å². The summed E-state index contributed by atoms with van der Waals surface area (Å²) in [7, 11) is -3.74. The molecule has 4 fully saturated rings. The van der Waals surface area contributed by atoms with Crippen molar-refractivity contribution in [3.8, 4) is 0 Å². The number of hydrogen-bond acceptors (Lipinski definition) is 6. The molecule has 5 rings (SSSR count). The smallest absolute Gasteiger partial charge is 0.270 e. The van der Waals surface area contributed by atoms with Gasteiger partial charge in [0.2, 0.25) is 10.0 Å². The summed E-state index contributed by atoms with van der Waals surface area (Å²) in [4.78, 5) is 15.6. The SMILES string of the molecule is O=[N+]([O-])c1ccc(N2CCN(C3CC4CCC3C4)CC2)c(S(=O)(=O)N2CCCC2)c1. The molecule has 2 heterocycles. The van der Waals surface area contributed by atoms with Crippen LogP contribution in [0.3, 0.4) is 0 Å². The van der Waals surface area contributed by atoms with Crippen molar-refractivity contribution in [1.29, 1.82) is 0 Å². The maximum Gasteiger partial charge on any atom is 0.270 e. The first-order chi connectivity index (χ1) is 14.4. The van der Waals surface area contributed by atoms with E-state index in [1.165, 1.54) is 42.1 Å². The molecule has 9 heteroatoms. The maximum atomic E-state index is 13.3. The second-order valence-electron chi connectivity index (χ2n) is 9.29. The number of benzene rings is 1. The Morgan fingerprint density at radius 2 is 1.70 bits per heavy atom. The first-order valence-corrected chi connectivity index (χ1v) is 12.6. The van der Waals surface area contributed by atoms with E-state index in [-0.39, 0.29) is 10.6 Å². The number of anilines is 1. The van der Waals surface area contributed by atoms with Crippen LogP contribution in [0.1, 0.15) is 38.5 Å². The van der Waals surface area contributed by atoms with Gasteiger partial charge in [-0.2, -0.15) is 4.31 Å². The van der Waals surface area contributed by atoms with Crippen molar-refractivity contribution in [2.24, 2.45) is 11.8 Å². The second-order valence-corrected chi connectivity index (χ2v) is 11.2. The van der Waals surface area contributed by atoms with Crippen LogP contribution in [0.25, 0.3) is 0 Å². The van der Waals surface area contributed by atoms with Gasteiger partial charge in [-0.05, 0) is 50.0 Å². The fraction of sp³-hybridized carbons (Fsp3) is 0.714. The molecule has 1 aromatic rings.